The fraction of sp³-hybridized carbons (Fsp3) is 0.174. The van der Waals surface area contributed by atoms with Crippen molar-refractivity contribution in [2.24, 2.45) is 0 Å². The molecule has 0 spiro atoms. The number of aryl methyl sites for hydroxylation is 1. The van der Waals surface area contributed by atoms with Crippen LogP contribution >= 0.6 is 11.3 Å². The summed E-state index contributed by atoms with van der Waals surface area (Å²) in [6.45, 7) is 2.89. The van der Waals surface area contributed by atoms with Gasteiger partial charge < -0.3 is 9.30 Å². The number of ether oxygens (including phenoxy) is 1. The number of hydrogen-bond acceptors (Lipinski definition) is 5. The number of nitrogens with zero attached hydrogens (tertiary/aromatic N) is 4. The molecular weight excluding hydrogens is 380 g/mol. The smallest absolute Gasteiger partial charge is 0.164 e. The molecule has 29 heavy (non-hydrogen) atoms. The minimum Gasteiger partial charge on any atom is -0.496 e. The number of benzene rings is 2. The highest BCUT2D eigenvalue weighted by Crippen LogP contribution is 2.31. The van der Waals surface area contributed by atoms with E-state index in [1.165, 1.54) is 10.3 Å². The van der Waals surface area contributed by atoms with Crippen molar-refractivity contribution < 1.29 is 4.74 Å². The Bertz CT molecular complexity index is 1270. The summed E-state index contributed by atoms with van der Waals surface area (Å²) in [5.41, 5.74) is 5.05. The molecule has 144 valence electrons. The second-order valence-corrected chi connectivity index (χ2v) is 8.01. The van der Waals surface area contributed by atoms with Crippen LogP contribution < -0.4 is 4.74 Å². The molecule has 0 amide bonds. The largest absolute Gasteiger partial charge is 0.496 e. The van der Waals surface area contributed by atoms with Crippen LogP contribution in [0.4, 0.5) is 0 Å². The highest BCUT2D eigenvalue weighted by molar-refractivity contribution is 7.18. The van der Waals surface area contributed by atoms with E-state index < -0.39 is 0 Å². The molecule has 5 rings (SSSR count). The number of rotatable bonds is 5. The van der Waals surface area contributed by atoms with E-state index in [9.17, 15) is 0 Å². The highest BCUT2D eigenvalue weighted by Gasteiger charge is 2.16. The molecule has 5 nitrogen and oxygen atoms in total. The van der Waals surface area contributed by atoms with E-state index in [-0.39, 0.29) is 0 Å². The van der Waals surface area contributed by atoms with Crippen LogP contribution in [-0.2, 0) is 13.0 Å². The lowest BCUT2D eigenvalue weighted by atomic mass is 10.2. The van der Waals surface area contributed by atoms with E-state index in [1.807, 2.05) is 42.7 Å². The lowest BCUT2D eigenvalue weighted by molar-refractivity contribution is 0.416. The number of imidazole rings is 1. The Morgan fingerprint density at radius 2 is 1.86 bits per heavy atom. The number of fused-ring (bicyclic) bond motifs is 2. The molecule has 0 radical (unpaired) electrons. The topological polar surface area (TPSA) is 52.8 Å². The first-order valence-electron chi connectivity index (χ1n) is 9.59. The van der Waals surface area contributed by atoms with Gasteiger partial charge in [0.2, 0.25) is 0 Å². The summed E-state index contributed by atoms with van der Waals surface area (Å²) in [5.74, 6) is 1.46. The van der Waals surface area contributed by atoms with Crippen molar-refractivity contribution in [3.63, 3.8) is 0 Å². The maximum absolute atomic E-state index is 5.45. The predicted octanol–water partition coefficient (Wildman–Crippen LogP) is 5.28. The van der Waals surface area contributed by atoms with Crippen LogP contribution in [0.2, 0.25) is 0 Å². The van der Waals surface area contributed by atoms with Gasteiger partial charge in [-0.05, 0) is 42.3 Å². The van der Waals surface area contributed by atoms with Crippen molar-refractivity contribution in [1.29, 1.82) is 0 Å². The lowest BCUT2D eigenvalue weighted by Crippen LogP contribution is -2.00. The maximum Gasteiger partial charge on any atom is 0.164 e. The van der Waals surface area contributed by atoms with Gasteiger partial charge >= 0.3 is 0 Å². The summed E-state index contributed by atoms with van der Waals surface area (Å²) in [6, 6.07) is 16.3. The highest BCUT2D eigenvalue weighted by atomic mass is 32.1. The van der Waals surface area contributed by atoms with E-state index >= 15 is 0 Å². The van der Waals surface area contributed by atoms with Crippen LogP contribution in [0.15, 0.2) is 60.9 Å². The molecule has 0 atom stereocenters. The van der Waals surface area contributed by atoms with Gasteiger partial charge in [0.1, 0.15) is 16.5 Å². The second-order valence-electron chi connectivity index (χ2n) is 6.90. The summed E-state index contributed by atoms with van der Waals surface area (Å²) < 4.78 is 8.81. The fourth-order valence-corrected chi connectivity index (χ4v) is 4.50. The molecule has 0 unspecified atom stereocenters. The molecule has 0 saturated carbocycles. The molecule has 0 saturated heterocycles. The SMILES string of the molecule is CCc1ccc2nc(Cn3ccc4nc(-c5ccccc5OC)nc-4c3)sc2c1. The van der Waals surface area contributed by atoms with Crippen molar-refractivity contribution in [1.82, 2.24) is 19.5 Å². The van der Waals surface area contributed by atoms with E-state index in [0.717, 1.165) is 39.6 Å². The van der Waals surface area contributed by atoms with Gasteiger partial charge in [-0.3, -0.25) is 0 Å². The Kier molecular flexibility index (Phi) is 4.48. The van der Waals surface area contributed by atoms with E-state index in [4.69, 9.17) is 14.7 Å². The third-order valence-corrected chi connectivity index (χ3v) is 6.00. The zero-order valence-corrected chi connectivity index (χ0v) is 17.1. The van der Waals surface area contributed by atoms with Crippen LogP contribution in [0, 0.1) is 0 Å². The summed E-state index contributed by atoms with van der Waals surface area (Å²) in [6.07, 6.45) is 5.11. The monoisotopic (exact) mass is 400 g/mol. The minimum atomic E-state index is 0.683. The van der Waals surface area contributed by atoms with E-state index in [1.54, 1.807) is 18.4 Å². The predicted molar refractivity (Wildman–Crippen MR) is 117 cm³/mol. The van der Waals surface area contributed by atoms with Crippen molar-refractivity contribution in [2.45, 2.75) is 19.9 Å². The Morgan fingerprint density at radius 3 is 2.72 bits per heavy atom. The normalized spacial score (nSPS) is 11.4. The molecule has 6 heteroatoms. The van der Waals surface area contributed by atoms with E-state index in [2.05, 4.69) is 34.7 Å². The molecule has 2 aliphatic rings. The van der Waals surface area contributed by atoms with Crippen molar-refractivity contribution in [2.75, 3.05) is 7.11 Å². The summed E-state index contributed by atoms with van der Waals surface area (Å²) in [5, 5.41) is 1.09. The maximum atomic E-state index is 5.45. The lowest BCUT2D eigenvalue weighted by Gasteiger charge is -2.05. The van der Waals surface area contributed by atoms with Crippen LogP contribution in [0.1, 0.15) is 17.5 Å². The number of thiazole rings is 1. The minimum absolute atomic E-state index is 0.683. The molecule has 3 heterocycles. The van der Waals surface area contributed by atoms with Crippen LogP contribution in [0.3, 0.4) is 0 Å². The molecule has 1 aromatic heterocycles. The van der Waals surface area contributed by atoms with Gasteiger partial charge in [0.25, 0.3) is 0 Å². The van der Waals surface area contributed by atoms with Gasteiger partial charge in [0, 0.05) is 12.4 Å². The van der Waals surface area contributed by atoms with Gasteiger partial charge in [-0.25, -0.2) is 15.0 Å². The van der Waals surface area contributed by atoms with Crippen LogP contribution in [0.25, 0.3) is 33.0 Å². The van der Waals surface area contributed by atoms with Gasteiger partial charge in [0.15, 0.2) is 5.82 Å². The Balaban J connectivity index is 1.47. The Labute approximate surface area is 173 Å². The van der Waals surface area contributed by atoms with Crippen LogP contribution in [-0.4, -0.2) is 26.6 Å². The van der Waals surface area contributed by atoms with Gasteiger partial charge in [-0.1, -0.05) is 25.1 Å². The van der Waals surface area contributed by atoms with Crippen molar-refractivity contribution in [3.8, 4) is 28.5 Å². The fourth-order valence-electron chi connectivity index (χ4n) is 3.46. The third-order valence-electron chi connectivity index (χ3n) is 5.00. The number of para-hydroxylation sites is 1. The first-order valence-corrected chi connectivity index (χ1v) is 10.4. The molecule has 0 fully saturated rings. The number of pyridine rings is 1. The average molecular weight is 401 g/mol. The first-order chi connectivity index (χ1) is 14.2. The molecule has 0 N–H and O–H groups in total. The van der Waals surface area contributed by atoms with Crippen molar-refractivity contribution >= 4 is 21.6 Å². The van der Waals surface area contributed by atoms with E-state index in [0.29, 0.717) is 12.4 Å². The molecule has 0 bridgehead atoms. The van der Waals surface area contributed by atoms with Gasteiger partial charge in [0.05, 0.1) is 35.1 Å². The number of aromatic nitrogens is 4. The van der Waals surface area contributed by atoms with Crippen molar-refractivity contribution in [3.05, 3.63) is 71.5 Å². The summed E-state index contributed by atoms with van der Waals surface area (Å²) in [7, 11) is 1.66. The van der Waals surface area contributed by atoms with Gasteiger partial charge in [-0.2, -0.15) is 0 Å². The van der Waals surface area contributed by atoms with Crippen LogP contribution in [0.5, 0.6) is 5.75 Å². The average Bonchev–Trinajstić information content (AvgIpc) is 3.36. The summed E-state index contributed by atoms with van der Waals surface area (Å²) >= 11 is 1.75. The first kappa shape index (κ1) is 17.8. The quantitative estimate of drug-likeness (QED) is 0.403. The molecule has 2 aromatic carbocycles. The number of hydrogen-bond donors (Lipinski definition) is 0. The standard InChI is InChI=1S/C23H20N4OS/c1-3-15-8-9-18-21(12-15)29-22(24-18)14-27-11-10-17-19(13-27)26-23(25-17)16-6-4-5-7-20(16)28-2/h4-13H,3,14H2,1-2H3. The zero-order valence-electron chi connectivity index (χ0n) is 16.3. The molecular formula is C23H20N4OS. The Hall–Kier alpha value is -3.25. The molecule has 3 aromatic rings. The summed E-state index contributed by atoms with van der Waals surface area (Å²) in [4.78, 5) is 14.2. The second kappa shape index (κ2) is 7.29. The number of methoxy groups -OCH3 is 1. The van der Waals surface area contributed by atoms with Gasteiger partial charge in [-0.15, -0.1) is 11.3 Å². The third kappa shape index (κ3) is 3.36. The molecule has 0 aliphatic carbocycles. The Morgan fingerprint density at radius 1 is 1.00 bits per heavy atom. The molecule has 2 aliphatic heterocycles. The zero-order chi connectivity index (χ0) is 19.8.